The Bertz CT molecular complexity index is 1280. The summed E-state index contributed by atoms with van der Waals surface area (Å²) in [6.07, 6.45) is -3.53. The number of aromatic nitrogens is 1. The summed E-state index contributed by atoms with van der Waals surface area (Å²) in [5.41, 5.74) is 0.202. The minimum Gasteiger partial charge on any atom is -0.321 e. The lowest BCUT2D eigenvalue weighted by molar-refractivity contribution is -0.137. The fourth-order valence-electron chi connectivity index (χ4n) is 3.29. The summed E-state index contributed by atoms with van der Waals surface area (Å²) in [5, 5.41) is 2.60. The van der Waals surface area contributed by atoms with Crippen molar-refractivity contribution in [3.8, 4) is 5.69 Å². The van der Waals surface area contributed by atoms with Crippen LogP contribution < -0.4 is 5.32 Å². The van der Waals surface area contributed by atoms with Crippen LogP contribution in [0.1, 0.15) is 27.3 Å². The first-order chi connectivity index (χ1) is 14.3. The van der Waals surface area contributed by atoms with Gasteiger partial charge in [-0.15, -0.1) is 0 Å². The van der Waals surface area contributed by atoms with Crippen LogP contribution >= 0.6 is 11.6 Å². The Labute approximate surface area is 182 Å². The lowest BCUT2D eigenvalue weighted by Crippen LogP contribution is -2.15. The van der Waals surface area contributed by atoms with Crippen LogP contribution in [0.3, 0.4) is 0 Å². The van der Waals surface area contributed by atoms with E-state index in [1.54, 1.807) is 13.8 Å². The number of halogens is 4. The molecule has 5 nitrogen and oxygen atoms in total. The van der Waals surface area contributed by atoms with E-state index in [2.05, 4.69) is 5.32 Å². The average molecular weight is 471 g/mol. The van der Waals surface area contributed by atoms with Crippen molar-refractivity contribution < 1.29 is 26.4 Å². The maximum atomic E-state index is 13.5. The second-order valence-corrected chi connectivity index (χ2v) is 9.43. The number of benzene rings is 2. The van der Waals surface area contributed by atoms with E-state index in [1.165, 1.54) is 47.0 Å². The molecule has 10 heteroatoms. The highest BCUT2D eigenvalue weighted by Gasteiger charge is 2.34. The predicted octanol–water partition coefficient (Wildman–Crippen LogP) is 5.42. The molecule has 0 saturated heterocycles. The highest BCUT2D eigenvalue weighted by molar-refractivity contribution is 7.90. The van der Waals surface area contributed by atoms with Gasteiger partial charge in [0.05, 0.1) is 32.4 Å². The Morgan fingerprint density at radius 1 is 1.06 bits per heavy atom. The van der Waals surface area contributed by atoms with Crippen LogP contribution in [0.5, 0.6) is 0 Å². The fraction of sp³-hybridized carbons (Fsp3) is 0.190. The van der Waals surface area contributed by atoms with Crippen molar-refractivity contribution in [1.82, 2.24) is 4.57 Å². The summed E-state index contributed by atoms with van der Waals surface area (Å²) in [5.74, 6) is -0.585. The monoisotopic (exact) mass is 470 g/mol. The third-order valence-corrected chi connectivity index (χ3v) is 6.17. The molecule has 0 atom stereocenters. The van der Waals surface area contributed by atoms with Gasteiger partial charge in [-0.3, -0.25) is 4.79 Å². The number of carbonyl (C=O) groups excluding carboxylic acids is 1. The van der Waals surface area contributed by atoms with Gasteiger partial charge in [0, 0.05) is 17.6 Å². The van der Waals surface area contributed by atoms with Gasteiger partial charge < -0.3 is 9.88 Å². The lowest BCUT2D eigenvalue weighted by Gasteiger charge is -2.17. The molecule has 0 bridgehead atoms. The second-order valence-electron chi connectivity index (χ2n) is 7.00. The maximum absolute atomic E-state index is 13.5. The molecule has 1 amide bonds. The van der Waals surface area contributed by atoms with Gasteiger partial charge in [-0.2, -0.15) is 13.2 Å². The lowest BCUT2D eigenvalue weighted by atomic mass is 10.1. The summed E-state index contributed by atoms with van der Waals surface area (Å²) in [7, 11) is -3.47. The van der Waals surface area contributed by atoms with E-state index in [9.17, 15) is 26.4 Å². The Hall–Kier alpha value is -2.78. The van der Waals surface area contributed by atoms with Crippen molar-refractivity contribution in [3.05, 3.63) is 76.1 Å². The van der Waals surface area contributed by atoms with E-state index >= 15 is 0 Å². The van der Waals surface area contributed by atoms with Crippen molar-refractivity contribution in [2.24, 2.45) is 0 Å². The SMILES string of the molecule is Cc1cc(C(=O)Nc2ccc(S(C)(=O)=O)cc2Cl)c(C)n1-c1ccccc1C(F)(F)F. The van der Waals surface area contributed by atoms with Crippen LogP contribution in [0.15, 0.2) is 53.4 Å². The van der Waals surface area contributed by atoms with Crippen molar-refractivity contribution in [1.29, 1.82) is 0 Å². The molecule has 1 aromatic heterocycles. The number of aryl methyl sites for hydroxylation is 1. The highest BCUT2D eigenvalue weighted by atomic mass is 35.5. The van der Waals surface area contributed by atoms with Gasteiger partial charge in [-0.25, -0.2) is 8.42 Å². The quantitative estimate of drug-likeness (QED) is 0.553. The van der Waals surface area contributed by atoms with E-state index in [4.69, 9.17) is 11.6 Å². The smallest absolute Gasteiger partial charge is 0.321 e. The molecular weight excluding hydrogens is 453 g/mol. The topological polar surface area (TPSA) is 68.2 Å². The van der Waals surface area contributed by atoms with E-state index in [-0.39, 0.29) is 26.9 Å². The Morgan fingerprint density at radius 3 is 2.29 bits per heavy atom. The Kier molecular flexibility index (Phi) is 5.94. The minimum absolute atomic E-state index is 0.00238. The number of hydrogen-bond acceptors (Lipinski definition) is 3. The van der Waals surface area contributed by atoms with E-state index < -0.39 is 27.5 Å². The van der Waals surface area contributed by atoms with Crippen molar-refractivity contribution in [2.45, 2.75) is 24.9 Å². The van der Waals surface area contributed by atoms with E-state index in [0.29, 0.717) is 11.4 Å². The molecule has 0 aliphatic heterocycles. The minimum atomic E-state index is -4.56. The molecule has 3 rings (SSSR count). The molecule has 3 aromatic rings. The van der Waals surface area contributed by atoms with E-state index in [1.807, 2.05) is 0 Å². The molecule has 0 fully saturated rings. The van der Waals surface area contributed by atoms with Crippen LogP contribution in [0.4, 0.5) is 18.9 Å². The molecule has 0 unspecified atom stereocenters. The van der Waals surface area contributed by atoms with Crippen LogP contribution in [0.25, 0.3) is 5.69 Å². The van der Waals surface area contributed by atoms with Gasteiger partial charge >= 0.3 is 6.18 Å². The zero-order chi connectivity index (χ0) is 23.1. The first kappa shape index (κ1) is 22.9. The van der Waals surface area contributed by atoms with E-state index in [0.717, 1.165) is 12.3 Å². The molecule has 1 N–H and O–H groups in total. The number of hydrogen-bond donors (Lipinski definition) is 1. The third-order valence-electron chi connectivity index (χ3n) is 4.74. The molecule has 164 valence electrons. The normalized spacial score (nSPS) is 12.1. The molecule has 0 saturated carbocycles. The molecule has 0 spiro atoms. The van der Waals surface area contributed by atoms with Crippen LogP contribution in [0, 0.1) is 13.8 Å². The van der Waals surface area contributed by atoms with Crippen molar-refractivity contribution in [2.75, 3.05) is 11.6 Å². The molecule has 2 aromatic carbocycles. The standard InChI is InChI=1S/C21H18ClF3N2O3S/c1-12-10-15(13(2)27(12)19-7-5-4-6-16(19)21(23,24)25)20(28)26-18-9-8-14(11-17(18)22)31(3,29)30/h4-11H,1-3H3,(H,26,28). The van der Waals surface area contributed by atoms with Gasteiger partial charge in [0.1, 0.15) is 0 Å². The van der Waals surface area contributed by atoms with Crippen LogP contribution in [-0.2, 0) is 16.0 Å². The molecular formula is C21H18ClF3N2O3S. The second kappa shape index (κ2) is 8.05. The zero-order valence-electron chi connectivity index (χ0n) is 16.7. The van der Waals surface area contributed by atoms with Crippen molar-refractivity contribution >= 4 is 33.0 Å². The number of carbonyl (C=O) groups is 1. The van der Waals surface area contributed by atoms with Gasteiger partial charge in [0.15, 0.2) is 9.84 Å². The highest BCUT2D eigenvalue weighted by Crippen LogP contribution is 2.35. The Morgan fingerprint density at radius 2 is 1.71 bits per heavy atom. The van der Waals surface area contributed by atoms with Gasteiger partial charge in [-0.05, 0) is 50.2 Å². The third kappa shape index (κ3) is 4.62. The van der Waals surface area contributed by atoms with Gasteiger partial charge in [-0.1, -0.05) is 23.7 Å². The molecule has 1 heterocycles. The molecule has 0 aliphatic rings. The van der Waals surface area contributed by atoms with Crippen molar-refractivity contribution in [3.63, 3.8) is 0 Å². The summed E-state index contributed by atoms with van der Waals surface area (Å²) in [6, 6.07) is 10.5. The maximum Gasteiger partial charge on any atom is 0.418 e. The number of amides is 1. The number of rotatable bonds is 4. The fourth-order valence-corrected chi connectivity index (χ4v) is 4.23. The summed E-state index contributed by atoms with van der Waals surface area (Å²) in [6.45, 7) is 3.15. The summed E-state index contributed by atoms with van der Waals surface area (Å²) in [4.78, 5) is 12.8. The number of nitrogens with zero attached hydrogens (tertiary/aromatic N) is 1. The first-order valence-corrected chi connectivity index (χ1v) is 11.2. The average Bonchev–Trinajstić information content (AvgIpc) is 2.96. The molecule has 0 aliphatic carbocycles. The van der Waals surface area contributed by atoms with Gasteiger partial charge in [0.25, 0.3) is 5.91 Å². The van der Waals surface area contributed by atoms with Crippen LogP contribution in [-0.4, -0.2) is 25.1 Å². The summed E-state index contributed by atoms with van der Waals surface area (Å²) < 4.78 is 65.0. The first-order valence-electron chi connectivity index (χ1n) is 8.97. The summed E-state index contributed by atoms with van der Waals surface area (Å²) >= 11 is 6.10. The number of nitrogens with one attached hydrogen (secondary N) is 1. The Balaban J connectivity index is 2.00. The number of alkyl halides is 3. The number of para-hydroxylation sites is 1. The van der Waals surface area contributed by atoms with Crippen LogP contribution in [0.2, 0.25) is 5.02 Å². The largest absolute Gasteiger partial charge is 0.418 e. The molecule has 31 heavy (non-hydrogen) atoms. The number of sulfone groups is 1. The zero-order valence-corrected chi connectivity index (χ0v) is 18.3. The number of anilines is 1. The van der Waals surface area contributed by atoms with Gasteiger partial charge in [0.2, 0.25) is 0 Å². The molecule has 0 radical (unpaired) electrons. The predicted molar refractivity (Wildman–Crippen MR) is 113 cm³/mol.